The molecule has 1 atom stereocenters. The molecule has 3 rings (SSSR count). The molecule has 1 aromatic rings. The van der Waals surface area contributed by atoms with Gasteiger partial charge in [-0.25, -0.2) is 0 Å². The van der Waals surface area contributed by atoms with Crippen LogP contribution in [-0.4, -0.2) is 43.6 Å². The van der Waals surface area contributed by atoms with E-state index in [-0.39, 0.29) is 24.4 Å². The fourth-order valence-electron chi connectivity index (χ4n) is 3.65. The number of hydrogen-bond donors (Lipinski definition) is 2. The number of nitrogens with one attached hydrogen (secondary N) is 2. The summed E-state index contributed by atoms with van der Waals surface area (Å²) in [5, 5.41) is 6.03. The number of nitrogens with zero attached hydrogens (tertiary/aromatic N) is 1. The average Bonchev–Trinajstić information content (AvgIpc) is 2.66. The van der Waals surface area contributed by atoms with Gasteiger partial charge < -0.3 is 20.3 Å². The minimum absolute atomic E-state index is 0.0151. The van der Waals surface area contributed by atoms with Crippen LogP contribution in [0.5, 0.6) is 5.75 Å². The van der Waals surface area contributed by atoms with E-state index in [2.05, 4.69) is 10.6 Å². The predicted molar refractivity (Wildman–Crippen MR) is 101 cm³/mol. The summed E-state index contributed by atoms with van der Waals surface area (Å²) in [6, 6.07) is 7.87. The number of hydrogen-bond acceptors (Lipinski definition) is 4. The third kappa shape index (κ3) is 4.68. The number of carbonyl (C=O) groups excluding carboxylic acids is 2. The van der Waals surface area contributed by atoms with Crippen molar-refractivity contribution in [2.45, 2.75) is 57.6 Å². The zero-order chi connectivity index (χ0) is 18.4. The van der Waals surface area contributed by atoms with Gasteiger partial charge in [-0.05, 0) is 31.4 Å². The molecule has 1 aliphatic heterocycles. The SMILES string of the molecule is CCCNC(=O)[C@H]1CN(CC(=O)NC2CCCCC2)c2ccccc2O1. The lowest BCUT2D eigenvalue weighted by Crippen LogP contribution is -2.52. The molecule has 1 aliphatic carbocycles. The Labute approximate surface area is 155 Å². The Morgan fingerprint density at radius 1 is 1.19 bits per heavy atom. The molecule has 2 aliphatic rings. The molecule has 0 bridgehead atoms. The molecule has 1 heterocycles. The van der Waals surface area contributed by atoms with Crippen LogP contribution in [0.1, 0.15) is 45.4 Å². The van der Waals surface area contributed by atoms with E-state index in [1.165, 1.54) is 19.3 Å². The van der Waals surface area contributed by atoms with Crippen LogP contribution in [0, 0.1) is 0 Å². The van der Waals surface area contributed by atoms with Gasteiger partial charge in [-0.2, -0.15) is 0 Å². The number of fused-ring (bicyclic) bond motifs is 1. The third-order valence-electron chi connectivity index (χ3n) is 5.01. The van der Waals surface area contributed by atoms with E-state index >= 15 is 0 Å². The first-order valence-corrected chi connectivity index (χ1v) is 9.75. The van der Waals surface area contributed by atoms with Crippen molar-refractivity contribution in [1.82, 2.24) is 10.6 Å². The molecule has 6 nitrogen and oxygen atoms in total. The second kappa shape index (κ2) is 8.92. The van der Waals surface area contributed by atoms with Crippen LogP contribution < -0.4 is 20.3 Å². The van der Waals surface area contributed by atoms with Crippen molar-refractivity contribution < 1.29 is 14.3 Å². The molecular weight excluding hydrogens is 330 g/mol. The first-order chi connectivity index (χ1) is 12.7. The highest BCUT2D eigenvalue weighted by atomic mass is 16.5. The van der Waals surface area contributed by atoms with E-state index in [4.69, 9.17) is 4.74 Å². The minimum atomic E-state index is -0.598. The highest BCUT2D eigenvalue weighted by Crippen LogP contribution is 2.33. The summed E-state index contributed by atoms with van der Waals surface area (Å²) in [5.74, 6) is 0.543. The van der Waals surface area contributed by atoms with Crippen molar-refractivity contribution in [2.24, 2.45) is 0 Å². The average molecular weight is 359 g/mol. The maximum absolute atomic E-state index is 12.5. The quantitative estimate of drug-likeness (QED) is 0.817. The van der Waals surface area contributed by atoms with Gasteiger partial charge in [0, 0.05) is 12.6 Å². The summed E-state index contributed by atoms with van der Waals surface area (Å²) < 4.78 is 5.87. The van der Waals surface area contributed by atoms with Crippen LogP contribution in [0.2, 0.25) is 0 Å². The maximum Gasteiger partial charge on any atom is 0.262 e. The van der Waals surface area contributed by atoms with E-state index < -0.39 is 6.10 Å². The summed E-state index contributed by atoms with van der Waals surface area (Å²) in [4.78, 5) is 26.8. The zero-order valence-electron chi connectivity index (χ0n) is 15.5. The van der Waals surface area contributed by atoms with E-state index in [9.17, 15) is 9.59 Å². The first-order valence-electron chi connectivity index (χ1n) is 9.75. The lowest BCUT2D eigenvalue weighted by atomic mass is 9.95. The highest BCUT2D eigenvalue weighted by Gasteiger charge is 2.31. The van der Waals surface area contributed by atoms with Gasteiger partial charge in [0.15, 0.2) is 6.10 Å². The van der Waals surface area contributed by atoms with E-state index in [1.807, 2.05) is 36.1 Å². The van der Waals surface area contributed by atoms with Crippen LogP contribution in [0.15, 0.2) is 24.3 Å². The molecule has 1 fully saturated rings. The molecule has 2 N–H and O–H groups in total. The Balaban J connectivity index is 1.65. The standard InChI is InChI=1S/C20H29N3O3/c1-2-12-21-20(25)18-13-23(16-10-6-7-11-17(16)26-18)14-19(24)22-15-8-4-3-5-9-15/h6-7,10-11,15,18H,2-5,8-9,12-14H2,1H3,(H,21,25)(H,22,24)/t18-/m1/s1. The molecular formula is C20H29N3O3. The number of rotatable bonds is 6. The van der Waals surface area contributed by atoms with Crippen molar-refractivity contribution in [3.8, 4) is 5.75 Å². The van der Waals surface area contributed by atoms with Crippen LogP contribution in [0.25, 0.3) is 0 Å². The summed E-state index contributed by atoms with van der Waals surface area (Å²) in [5.41, 5.74) is 0.867. The minimum Gasteiger partial charge on any atom is -0.477 e. The van der Waals surface area contributed by atoms with Crippen LogP contribution in [0.3, 0.4) is 0 Å². The first kappa shape index (κ1) is 18.5. The van der Waals surface area contributed by atoms with E-state index in [1.54, 1.807) is 0 Å². The second-order valence-electron chi connectivity index (χ2n) is 7.15. The summed E-state index contributed by atoms with van der Waals surface area (Å²) in [7, 11) is 0. The van der Waals surface area contributed by atoms with Crippen molar-refractivity contribution in [1.29, 1.82) is 0 Å². The maximum atomic E-state index is 12.5. The van der Waals surface area contributed by atoms with Crippen molar-refractivity contribution in [2.75, 3.05) is 24.5 Å². The highest BCUT2D eigenvalue weighted by molar-refractivity contribution is 5.86. The van der Waals surface area contributed by atoms with Gasteiger partial charge >= 0.3 is 0 Å². The van der Waals surface area contributed by atoms with E-state index in [0.717, 1.165) is 24.9 Å². The number of para-hydroxylation sites is 2. The molecule has 0 radical (unpaired) electrons. The van der Waals surface area contributed by atoms with Crippen molar-refractivity contribution >= 4 is 17.5 Å². The summed E-state index contributed by atoms with van der Waals surface area (Å²) in [6.07, 6.45) is 6.04. The fourth-order valence-corrected chi connectivity index (χ4v) is 3.65. The predicted octanol–water partition coefficient (Wildman–Crippen LogP) is 2.23. The number of carbonyl (C=O) groups is 2. The van der Waals surface area contributed by atoms with Crippen molar-refractivity contribution in [3.05, 3.63) is 24.3 Å². The van der Waals surface area contributed by atoms with Gasteiger partial charge in [0.2, 0.25) is 5.91 Å². The Hall–Kier alpha value is -2.24. The van der Waals surface area contributed by atoms with Crippen molar-refractivity contribution in [3.63, 3.8) is 0 Å². The molecule has 6 heteroatoms. The topological polar surface area (TPSA) is 70.7 Å². The Bertz CT molecular complexity index is 628. The number of anilines is 1. The number of benzene rings is 1. The van der Waals surface area contributed by atoms with Gasteiger partial charge in [0.25, 0.3) is 5.91 Å². The monoisotopic (exact) mass is 359 g/mol. The number of ether oxygens (including phenoxy) is 1. The molecule has 0 unspecified atom stereocenters. The van der Waals surface area contributed by atoms with Crippen LogP contribution in [0.4, 0.5) is 5.69 Å². The Morgan fingerprint density at radius 3 is 2.73 bits per heavy atom. The molecule has 1 aromatic carbocycles. The third-order valence-corrected chi connectivity index (χ3v) is 5.01. The van der Waals surface area contributed by atoms with Gasteiger partial charge in [0.1, 0.15) is 5.75 Å². The molecule has 1 saturated carbocycles. The fraction of sp³-hybridized carbons (Fsp3) is 0.600. The van der Waals surface area contributed by atoms with Gasteiger partial charge in [0.05, 0.1) is 18.8 Å². The lowest BCUT2D eigenvalue weighted by Gasteiger charge is -2.35. The largest absolute Gasteiger partial charge is 0.477 e. The van der Waals surface area contributed by atoms with Gasteiger partial charge in [-0.3, -0.25) is 9.59 Å². The molecule has 0 spiro atoms. The Morgan fingerprint density at radius 2 is 1.96 bits per heavy atom. The normalized spacial score (nSPS) is 20.0. The second-order valence-corrected chi connectivity index (χ2v) is 7.15. The molecule has 142 valence electrons. The molecule has 26 heavy (non-hydrogen) atoms. The summed E-state index contributed by atoms with van der Waals surface area (Å²) >= 11 is 0. The molecule has 0 saturated heterocycles. The molecule has 0 aromatic heterocycles. The zero-order valence-corrected chi connectivity index (χ0v) is 15.5. The van der Waals surface area contributed by atoms with Crippen LogP contribution >= 0.6 is 0 Å². The van der Waals surface area contributed by atoms with Gasteiger partial charge in [-0.15, -0.1) is 0 Å². The number of amides is 2. The van der Waals surface area contributed by atoms with E-state index in [0.29, 0.717) is 18.8 Å². The smallest absolute Gasteiger partial charge is 0.262 e. The van der Waals surface area contributed by atoms with Gasteiger partial charge in [-0.1, -0.05) is 38.3 Å². The summed E-state index contributed by atoms with van der Waals surface area (Å²) in [6.45, 7) is 3.26. The van der Waals surface area contributed by atoms with Crippen LogP contribution in [-0.2, 0) is 9.59 Å². The lowest BCUT2D eigenvalue weighted by molar-refractivity contribution is -0.128. The molecule has 2 amide bonds. The Kier molecular flexibility index (Phi) is 6.36.